The lowest BCUT2D eigenvalue weighted by atomic mass is 9.85. The van der Waals surface area contributed by atoms with E-state index >= 15 is 0 Å². The van der Waals surface area contributed by atoms with E-state index in [0.29, 0.717) is 29.8 Å². The Morgan fingerprint density at radius 2 is 1.67 bits per heavy atom. The Balaban J connectivity index is 2.25. The van der Waals surface area contributed by atoms with Crippen LogP contribution in [0.15, 0.2) is 0 Å². The summed E-state index contributed by atoms with van der Waals surface area (Å²) in [7, 11) is 2.08. The molecule has 0 saturated heterocycles. The Morgan fingerprint density at radius 3 is 2.29 bits per heavy atom. The molecule has 0 bridgehead atoms. The lowest BCUT2D eigenvalue weighted by Gasteiger charge is -2.36. The Bertz CT molecular complexity index is 459. The first-order valence-electron chi connectivity index (χ1n) is 8.06. The number of nitrogens with zero attached hydrogens (tertiary/aromatic N) is 5. The standard InChI is InChI=1S/C15H28N6/c1-5-21(6-2)15-18-13(16)17-14(19-15)20(4)12-10-8-7-9-11(12)3/h11-12H,5-10H2,1-4H3,(H2,16,17,18,19). The number of rotatable bonds is 5. The summed E-state index contributed by atoms with van der Waals surface area (Å²) in [6, 6.07) is 0.491. The zero-order chi connectivity index (χ0) is 15.4. The van der Waals surface area contributed by atoms with Gasteiger partial charge in [0.25, 0.3) is 0 Å². The van der Waals surface area contributed by atoms with Gasteiger partial charge in [-0.2, -0.15) is 15.0 Å². The first kappa shape index (κ1) is 15.8. The molecule has 1 aliphatic carbocycles. The smallest absolute Gasteiger partial charge is 0.231 e. The van der Waals surface area contributed by atoms with Gasteiger partial charge in [0, 0.05) is 26.2 Å². The molecule has 6 nitrogen and oxygen atoms in total. The van der Waals surface area contributed by atoms with Crippen molar-refractivity contribution in [2.45, 2.75) is 52.5 Å². The lowest BCUT2D eigenvalue weighted by molar-refractivity contribution is 0.319. The minimum absolute atomic E-state index is 0.303. The van der Waals surface area contributed by atoms with Crippen molar-refractivity contribution >= 4 is 17.8 Å². The number of anilines is 3. The van der Waals surface area contributed by atoms with Crippen LogP contribution in [0.2, 0.25) is 0 Å². The van der Waals surface area contributed by atoms with Gasteiger partial charge in [-0.3, -0.25) is 0 Å². The van der Waals surface area contributed by atoms with E-state index in [-0.39, 0.29) is 0 Å². The quantitative estimate of drug-likeness (QED) is 0.898. The number of aromatic nitrogens is 3. The molecule has 1 heterocycles. The second kappa shape index (κ2) is 6.91. The molecule has 0 aliphatic heterocycles. The van der Waals surface area contributed by atoms with Gasteiger partial charge in [-0.1, -0.05) is 19.8 Å². The molecule has 2 N–H and O–H groups in total. The molecule has 6 heteroatoms. The SMILES string of the molecule is CCN(CC)c1nc(N)nc(N(C)C2CCCCC2C)n1. The molecule has 118 valence electrons. The zero-order valence-corrected chi connectivity index (χ0v) is 13.7. The number of nitrogen functional groups attached to an aromatic ring is 1. The largest absolute Gasteiger partial charge is 0.368 e. The molecule has 2 atom stereocenters. The van der Waals surface area contributed by atoms with E-state index in [0.717, 1.165) is 13.1 Å². The maximum Gasteiger partial charge on any atom is 0.231 e. The van der Waals surface area contributed by atoms with E-state index in [2.05, 4.69) is 52.6 Å². The highest BCUT2D eigenvalue weighted by molar-refractivity contribution is 5.43. The highest BCUT2D eigenvalue weighted by atomic mass is 15.3. The van der Waals surface area contributed by atoms with Crippen molar-refractivity contribution in [2.24, 2.45) is 5.92 Å². The third kappa shape index (κ3) is 3.54. The van der Waals surface area contributed by atoms with Crippen LogP contribution in [0, 0.1) is 5.92 Å². The summed E-state index contributed by atoms with van der Waals surface area (Å²) in [6.45, 7) is 8.23. The molecular weight excluding hydrogens is 264 g/mol. The predicted molar refractivity (Wildman–Crippen MR) is 87.6 cm³/mol. The minimum Gasteiger partial charge on any atom is -0.368 e. The van der Waals surface area contributed by atoms with Crippen molar-refractivity contribution in [2.75, 3.05) is 35.7 Å². The van der Waals surface area contributed by atoms with Crippen LogP contribution in [-0.2, 0) is 0 Å². The van der Waals surface area contributed by atoms with Gasteiger partial charge in [0.1, 0.15) is 0 Å². The number of hydrogen-bond acceptors (Lipinski definition) is 6. The fraction of sp³-hybridized carbons (Fsp3) is 0.800. The fourth-order valence-electron chi connectivity index (χ4n) is 3.20. The van der Waals surface area contributed by atoms with Crippen LogP contribution >= 0.6 is 0 Å². The van der Waals surface area contributed by atoms with Crippen molar-refractivity contribution in [1.82, 2.24) is 15.0 Å². The second-order valence-electron chi connectivity index (χ2n) is 5.91. The molecule has 0 aromatic carbocycles. The summed E-state index contributed by atoms with van der Waals surface area (Å²) < 4.78 is 0. The van der Waals surface area contributed by atoms with Gasteiger partial charge in [-0.05, 0) is 32.6 Å². The maximum atomic E-state index is 5.89. The van der Waals surface area contributed by atoms with E-state index in [1.54, 1.807) is 0 Å². The monoisotopic (exact) mass is 292 g/mol. The second-order valence-corrected chi connectivity index (χ2v) is 5.91. The number of nitrogens with two attached hydrogens (primary N) is 1. The zero-order valence-electron chi connectivity index (χ0n) is 13.7. The summed E-state index contributed by atoms with van der Waals surface area (Å²) >= 11 is 0. The third-order valence-corrected chi connectivity index (χ3v) is 4.55. The van der Waals surface area contributed by atoms with Gasteiger partial charge >= 0.3 is 0 Å². The molecule has 1 aromatic heterocycles. The van der Waals surface area contributed by atoms with Gasteiger partial charge in [0.15, 0.2) is 0 Å². The van der Waals surface area contributed by atoms with Crippen molar-refractivity contribution in [3.05, 3.63) is 0 Å². The van der Waals surface area contributed by atoms with Crippen molar-refractivity contribution in [3.63, 3.8) is 0 Å². The Hall–Kier alpha value is -1.59. The average Bonchev–Trinajstić information content (AvgIpc) is 2.48. The van der Waals surface area contributed by atoms with Crippen molar-refractivity contribution < 1.29 is 0 Å². The van der Waals surface area contributed by atoms with Crippen molar-refractivity contribution in [1.29, 1.82) is 0 Å². The molecule has 1 fully saturated rings. The molecule has 1 aromatic rings. The van der Waals surface area contributed by atoms with Crippen LogP contribution in [0.25, 0.3) is 0 Å². The van der Waals surface area contributed by atoms with E-state index in [1.165, 1.54) is 25.7 Å². The van der Waals surface area contributed by atoms with E-state index in [9.17, 15) is 0 Å². The van der Waals surface area contributed by atoms with E-state index < -0.39 is 0 Å². The van der Waals surface area contributed by atoms with Gasteiger partial charge in [0.2, 0.25) is 17.8 Å². The summed E-state index contributed by atoms with van der Waals surface area (Å²) in [5, 5.41) is 0. The van der Waals surface area contributed by atoms with Crippen LogP contribution in [0.1, 0.15) is 46.5 Å². The molecule has 1 aliphatic rings. The topological polar surface area (TPSA) is 71.2 Å². The van der Waals surface area contributed by atoms with Gasteiger partial charge < -0.3 is 15.5 Å². The molecule has 21 heavy (non-hydrogen) atoms. The maximum absolute atomic E-state index is 5.89. The van der Waals surface area contributed by atoms with Crippen LogP contribution in [0.3, 0.4) is 0 Å². The van der Waals surface area contributed by atoms with Crippen LogP contribution in [0.4, 0.5) is 17.8 Å². The summed E-state index contributed by atoms with van der Waals surface area (Å²) in [5.74, 6) is 2.34. The molecule has 0 radical (unpaired) electrons. The average molecular weight is 292 g/mol. The Kier molecular flexibility index (Phi) is 5.20. The summed E-state index contributed by atoms with van der Waals surface area (Å²) in [4.78, 5) is 17.5. The van der Waals surface area contributed by atoms with Gasteiger partial charge in [-0.25, -0.2) is 0 Å². The predicted octanol–water partition coefficient (Wildman–Crippen LogP) is 2.31. The highest BCUT2D eigenvalue weighted by Crippen LogP contribution is 2.29. The molecule has 1 saturated carbocycles. The Labute approximate surface area is 127 Å². The molecule has 2 rings (SSSR count). The minimum atomic E-state index is 0.303. The van der Waals surface area contributed by atoms with Crippen LogP contribution in [-0.4, -0.2) is 41.1 Å². The molecule has 0 spiro atoms. The van der Waals surface area contributed by atoms with Gasteiger partial charge in [0.05, 0.1) is 0 Å². The molecular formula is C15H28N6. The van der Waals surface area contributed by atoms with Crippen molar-refractivity contribution in [3.8, 4) is 0 Å². The highest BCUT2D eigenvalue weighted by Gasteiger charge is 2.27. The van der Waals surface area contributed by atoms with Crippen LogP contribution in [0.5, 0.6) is 0 Å². The first-order chi connectivity index (χ1) is 10.1. The lowest BCUT2D eigenvalue weighted by Crippen LogP contribution is -2.40. The van der Waals surface area contributed by atoms with Gasteiger partial charge in [-0.15, -0.1) is 0 Å². The Morgan fingerprint density at radius 1 is 1.05 bits per heavy atom. The van der Waals surface area contributed by atoms with E-state index in [1.807, 2.05) is 0 Å². The normalized spacial score (nSPS) is 22.1. The fourth-order valence-corrected chi connectivity index (χ4v) is 3.20. The number of hydrogen-bond donors (Lipinski definition) is 1. The first-order valence-corrected chi connectivity index (χ1v) is 8.06. The van der Waals surface area contributed by atoms with Crippen LogP contribution < -0.4 is 15.5 Å². The molecule has 2 unspecified atom stereocenters. The summed E-state index contributed by atoms with van der Waals surface area (Å²) in [6.07, 6.45) is 5.08. The summed E-state index contributed by atoms with van der Waals surface area (Å²) in [5.41, 5.74) is 5.89. The van der Waals surface area contributed by atoms with E-state index in [4.69, 9.17) is 5.73 Å². The third-order valence-electron chi connectivity index (χ3n) is 4.55. The molecule has 0 amide bonds.